The molecule has 0 aliphatic carbocycles. The van der Waals surface area contributed by atoms with E-state index in [1.807, 2.05) is 59.2 Å². The van der Waals surface area contributed by atoms with Crippen LogP contribution in [-0.2, 0) is 10.5 Å². The first-order chi connectivity index (χ1) is 11.2. The molecular weight excluding hydrogens is 392 g/mol. The molecule has 0 bridgehead atoms. The number of benzene rings is 2. The van der Waals surface area contributed by atoms with Crippen molar-refractivity contribution in [3.05, 3.63) is 65.2 Å². The second-order valence-corrected chi connectivity index (χ2v) is 6.30. The van der Waals surface area contributed by atoms with Crippen molar-refractivity contribution in [2.75, 3.05) is 31.2 Å². The Labute approximate surface area is 156 Å². The smallest absolute Gasteiger partial charge is 0.281 e. The highest BCUT2D eigenvalue weighted by Gasteiger charge is 2.52. The summed E-state index contributed by atoms with van der Waals surface area (Å²) in [6.45, 7) is 2.25. The van der Waals surface area contributed by atoms with E-state index >= 15 is 0 Å². The number of rotatable bonds is 2. The fraction of sp³-hybridized carbons (Fsp3) is 0.278. The van der Waals surface area contributed by atoms with Gasteiger partial charge in [0.1, 0.15) is 18.8 Å². The van der Waals surface area contributed by atoms with Crippen LogP contribution in [0.2, 0.25) is 5.02 Å². The molecule has 0 saturated carbocycles. The molecule has 2 aliphatic heterocycles. The van der Waals surface area contributed by atoms with Crippen molar-refractivity contribution in [2.24, 2.45) is 0 Å². The molecule has 2 aromatic carbocycles. The number of para-hydroxylation sites is 1. The van der Waals surface area contributed by atoms with Gasteiger partial charge in [0.25, 0.3) is 11.6 Å². The lowest BCUT2D eigenvalue weighted by atomic mass is 10.0. The summed E-state index contributed by atoms with van der Waals surface area (Å²) in [5.74, 6) is 1.000. The van der Waals surface area contributed by atoms with Crippen molar-refractivity contribution in [1.82, 2.24) is 0 Å². The van der Waals surface area contributed by atoms with Crippen molar-refractivity contribution < 1.29 is 31.4 Å². The van der Waals surface area contributed by atoms with Gasteiger partial charge in [-0.2, -0.15) is 0 Å². The van der Waals surface area contributed by atoms with Gasteiger partial charge in [0.2, 0.25) is 0 Å². The molecule has 0 radical (unpaired) electrons. The Balaban J connectivity index is 0.00000169. The fourth-order valence-electron chi connectivity index (χ4n) is 3.36. The second kappa shape index (κ2) is 6.84. The number of halogens is 2. The van der Waals surface area contributed by atoms with Gasteiger partial charge in [-0.05, 0) is 24.3 Å². The quantitative estimate of drug-likeness (QED) is 0.676. The minimum atomic E-state index is -1.07. The molecule has 24 heavy (non-hydrogen) atoms. The van der Waals surface area contributed by atoms with Crippen LogP contribution in [0.5, 0.6) is 0 Å². The first-order valence-electron chi connectivity index (χ1n) is 7.71. The molecule has 0 spiro atoms. The second-order valence-electron chi connectivity index (χ2n) is 5.87. The summed E-state index contributed by atoms with van der Waals surface area (Å²) in [6, 6.07) is 17.5. The molecule has 4 nitrogen and oxygen atoms in total. The van der Waals surface area contributed by atoms with Crippen LogP contribution in [0, 0.1) is 0 Å². The Kier molecular flexibility index (Phi) is 4.97. The number of hydrogen-bond acceptors (Lipinski definition) is 3. The molecule has 2 heterocycles. The van der Waals surface area contributed by atoms with Crippen LogP contribution < -0.4 is 21.9 Å². The minimum Gasteiger partial charge on any atom is -1.00 e. The summed E-state index contributed by atoms with van der Waals surface area (Å²) in [6.07, 6.45) is 0. The molecule has 2 aromatic rings. The number of amidine groups is 1. The molecule has 0 fully saturated rings. The summed E-state index contributed by atoms with van der Waals surface area (Å²) >= 11 is 5.99. The zero-order valence-electron chi connectivity index (χ0n) is 13.0. The standard InChI is InChI=1S/C18H18ClN2O2.BrH/c19-15-8-6-14(7-9-15)18(22)13-20(16-4-2-1-3-5-16)17-12-23-11-10-21(17)18;/h1-9,22H,10-13H2;1H/q+1;/p-1. The Bertz CT molecular complexity index is 751. The monoisotopic (exact) mass is 408 g/mol. The Morgan fingerprint density at radius 2 is 1.79 bits per heavy atom. The number of aliphatic hydroxyl groups is 1. The molecule has 0 amide bonds. The SMILES string of the molecule is OC1(c2ccc(Cl)cc2)CN(c2ccccc2)C2=[N+]1CCOC2.[Br-]. The van der Waals surface area contributed by atoms with E-state index in [0.717, 1.165) is 17.1 Å². The summed E-state index contributed by atoms with van der Waals surface area (Å²) in [4.78, 5) is 2.13. The normalized spacial score (nSPS) is 23.0. The van der Waals surface area contributed by atoms with Gasteiger partial charge in [0.15, 0.2) is 6.54 Å². The number of nitrogens with zero attached hydrogens (tertiary/aromatic N) is 2. The van der Waals surface area contributed by atoms with E-state index in [1.165, 1.54) is 0 Å². The summed E-state index contributed by atoms with van der Waals surface area (Å²) in [7, 11) is 0. The fourth-order valence-corrected chi connectivity index (χ4v) is 3.48. The molecule has 126 valence electrons. The van der Waals surface area contributed by atoms with Crippen molar-refractivity contribution >= 4 is 23.1 Å². The first kappa shape index (κ1) is 17.4. The highest BCUT2D eigenvalue weighted by Crippen LogP contribution is 2.33. The van der Waals surface area contributed by atoms with E-state index in [1.54, 1.807) is 0 Å². The number of hydrogen-bond donors (Lipinski definition) is 1. The number of anilines is 1. The molecule has 1 atom stereocenters. The summed E-state index contributed by atoms with van der Waals surface area (Å²) in [5.41, 5.74) is 0.835. The van der Waals surface area contributed by atoms with Crippen LogP contribution in [0.4, 0.5) is 5.69 Å². The molecule has 6 heteroatoms. The number of ether oxygens (including phenoxy) is 1. The minimum absolute atomic E-state index is 0. The third-order valence-electron chi connectivity index (χ3n) is 4.51. The van der Waals surface area contributed by atoms with Gasteiger partial charge in [-0.3, -0.25) is 0 Å². The van der Waals surface area contributed by atoms with Crippen molar-refractivity contribution in [3.63, 3.8) is 0 Å². The zero-order chi connectivity index (χ0) is 15.9. The average Bonchev–Trinajstić information content (AvgIpc) is 2.91. The largest absolute Gasteiger partial charge is 1.00 e. The van der Waals surface area contributed by atoms with Crippen LogP contribution in [0.1, 0.15) is 5.56 Å². The van der Waals surface area contributed by atoms with Crippen LogP contribution in [0.15, 0.2) is 54.6 Å². The van der Waals surface area contributed by atoms with Crippen molar-refractivity contribution in [3.8, 4) is 0 Å². The van der Waals surface area contributed by atoms with Gasteiger partial charge in [-0.1, -0.05) is 41.9 Å². The highest BCUT2D eigenvalue weighted by molar-refractivity contribution is 6.30. The summed E-state index contributed by atoms with van der Waals surface area (Å²) in [5, 5.41) is 12.1. The van der Waals surface area contributed by atoms with Gasteiger partial charge < -0.3 is 26.8 Å². The Morgan fingerprint density at radius 3 is 2.50 bits per heavy atom. The molecular formula is C18H18BrClN2O2. The Morgan fingerprint density at radius 1 is 1.08 bits per heavy atom. The van der Waals surface area contributed by atoms with E-state index in [4.69, 9.17) is 16.3 Å². The van der Waals surface area contributed by atoms with Gasteiger partial charge >= 0.3 is 0 Å². The lowest BCUT2D eigenvalue weighted by Crippen LogP contribution is -3.00. The van der Waals surface area contributed by atoms with Crippen LogP contribution in [0.3, 0.4) is 0 Å². The molecule has 0 saturated heterocycles. The molecule has 4 rings (SSSR count). The zero-order valence-corrected chi connectivity index (χ0v) is 15.4. The van der Waals surface area contributed by atoms with Gasteiger partial charge in [-0.15, -0.1) is 0 Å². The molecule has 0 aromatic heterocycles. The van der Waals surface area contributed by atoms with Gasteiger partial charge in [-0.25, -0.2) is 9.48 Å². The molecule has 1 N–H and O–H groups in total. The third kappa shape index (κ3) is 2.86. The van der Waals surface area contributed by atoms with Crippen molar-refractivity contribution in [1.29, 1.82) is 0 Å². The van der Waals surface area contributed by atoms with E-state index in [2.05, 4.69) is 4.90 Å². The maximum Gasteiger partial charge on any atom is 0.281 e. The Hall–Kier alpha value is -1.40. The predicted octanol–water partition coefficient (Wildman–Crippen LogP) is -0.550. The van der Waals surface area contributed by atoms with E-state index in [-0.39, 0.29) is 17.0 Å². The third-order valence-corrected chi connectivity index (χ3v) is 4.77. The summed E-state index contributed by atoms with van der Waals surface area (Å²) < 4.78 is 7.68. The predicted molar refractivity (Wildman–Crippen MR) is 90.1 cm³/mol. The van der Waals surface area contributed by atoms with Crippen LogP contribution in [-0.4, -0.2) is 41.8 Å². The lowest BCUT2D eigenvalue weighted by Gasteiger charge is -2.24. The maximum atomic E-state index is 11.4. The van der Waals surface area contributed by atoms with Crippen LogP contribution >= 0.6 is 11.6 Å². The molecule has 2 aliphatic rings. The van der Waals surface area contributed by atoms with E-state index in [0.29, 0.717) is 31.3 Å². The number of β-amino-alcohol motifs (C(OH)–C–C–N with tert-alkyl or cyclic N) is 1. The van der Waals surface area contributed by atoms with E-state index in [9.17, 15) is 5.11 Å². The first-order valence-corrected chi connectivity index (χ1v) is 8.08. The van der Waals surface area contributed by atoms with Crippen LogP contribution in [0.25, 0.3) is 0 Å². The van der Waals surface area contributed by atoms with Gasteiger partial charge in [0.05, 0.1) is 6.61 Å². The highest BCUT2D eigenvalue weighted by atomic mass is 79.9. The van der Waals surface area contributed by atoms with E-state index < -0.39 is 5.72 Å². The van der Waals surface area contributed by atoms with Gasteiger partial charge in [0, 0.05) is 10.6 Å². The molecule has 1 unspecified atom stereocenters. The van der Waals surface area contributed by atoms with Crippen molar-refractivity contribution in [2.45, 2.75) is 5.72 Å². The lowest BCUT2D eigenvalue weighted by molar-refractivity contribution is -0.663. The topological polar surface area (TPSA) is 35.7 Å². The average molecular weight is 410 g/mol. The maximum absolute atomic E-state index is 11.4.